The van der Waals surface area contributed by atoms with Gasteiger partial charge in [-0.2, -0.15) is 0 Å². The van der Waals surface area contributed by atoms with E-state index in [-0.39, 0.29) is 0 Å². The first kappa shape index (κ1) is 11.4. The van der Waals surface area contributed by atoms with Crippen molar-refractivity contribution in [3.63, 3.8) is 0 Å². The molecule has 0 radical (unpaired) electrons. The molecule has 0 saturated heterocycles. The molecule has 1 rings (SSSR count). The fraction of sp³-hybridized carbons (Fsp3) is 0.364. The molecule has 0 fully saturated rings. The number of anilines is 1. The van der Waals surface area contributed by atoms with Crippen LogP contribution in [0.3, 0.4) is 0 Å². The van der Waals surface area contributed by atoms with Crippen LogP contribution in [0.15, 0.2) is 18.2 Å². The van der Waals surface area contributed by atoms with Crippen molar-refractivity contribution in [3.05, 3.63) is 23.8 Å². The highest BCUT2D eigenvalue weighted by atomic mass is 16.5. The molecule has 0 bridgehead atoms. The Bertz CT molecular complexity index is 350. The van der Waals surface area contributed by atoms with E-state index in [1.54, 1.807) is 26.2 Å². The maximum atomic E-state index is 11.2. The van der Waals surface area contributed by atoms with Gasteiger partial charge in [-0.05, 0) is 37.6 Å². The number of methoxy groups -OCH3 is 1. The molecule has 15 heavy (non-hydrogen) atoms. The molecule has 0 unspecified atom stereocenters. The van der Waals surface area contributed by atoms with Gasteiger partial charge in [0, 0.05) is 5.69 Å². The molecule has 1 amide bonds. The fourth-order valence-electron chi connectivity index (χ4n) is 1.18. The number of hydrogen-bond acceptors (Lipinski definition) is 3. The average Bonchev–Trinajstić information content (AvgIpc) is 2.21. The normalized spacial score (nSPS) is 9.53. The molecule has 0 heterocycles. The molecule has 0 aromatic heterocycles. The molecule has 82 valence electrons. The first-order chi connectivity index (χ1) is 7.17. The first-order valence-electron chi connectivity index (χ1n) is 4.75. The number of benzene rings is 1. The Hall–Kier alpha value is -1.71. The van der Waals surface area contributed by atoms with Crippen LogP contribution in [0.4, 0.5) is 10.5 Å². The van der Waals surface area contributed by atoms with Crippen molar-refractivity contribution in [2.75, 3.05) is 19.0 Å². The van der Waals surface area contributed by atoms with Crippen molar-refractivity contribution in [1.82, 2.24) is 0 Å². The van der Waals surface area contributed by atoms with Crippen LogP contribution in [0, 0.1) is 6.92 Å². The molecule has 4 nitrogen and oxygen atoms in total. The number of ether oxygens (including phenoxy) is 2. The van der Waals surface area contributed by atoms with E-state index in [1.807, 2.05) is 13.0 Å². The smallest absolute Gasteiger partial charge is 0.411 e. The number of nitrogens with one attached hydrogen (secondary N) is 1. The Morgan fingerprint density at radius 1 is 1.47 bits per heavy atom. The first-order valence-corrected chi connectivity index (χ1v) is 4.75. The molecule has 1 aromatic rings. The average molecular weight is 209 g/mol. The van der Waals surface area contributed by atoms with Gasteiger partial charge < -0.3 is 9.47 Å². The highest BCUT2D eigenvalue weighted by molar-refractivity contribution is 5.85. The van der Waals surface area contributed by atoms with Crippen LogP contribution in [0.25, 0.3) is 0 Å². The van der Waals surface area contributed by atoms with Gasteiger partial charge in [0.1, 0.15) is 5.75 Å². The summed E-state index contributed by atoms with van der Waals surface area (Å²) < 4.78 is 9.83. The summed E-state index contributed by atoms with van der Waals surface area (Å²) in [6, 6.07) is 5.42. The maximum Gasteiger partial charge on any atom is 0.411 e. The molecule has 0 atom stereocenters. The Labute approximate surface area is 89.2 Å². The minimum absolute atomic E-state index is 0.362. The second-order valence-electron chi connectivity index (χ2n) is 3.03. The van der Waals surface area contributed by atoms with Crippen molar-refractivity contribution < 1.29 is 14.3 Å². The number of amides is 1. The molecule has 4 heteroatoms. The zero-order valence-corrected chi connectivity index (χ0v) is 9.16. The van der Waals surface area contributed by atoms with E-state index in [2.05, 4.69) is 5.32 Å². The quantitative estimate of drug-likeness (QED) is 0.832. The lowest BCUT2D eigenvalue weighted by Gasteiger charge is -2.09. The summed E-state index contributed by atoms with van der Waals surface area (Å²) in [7, 11) is 1.60. The van der Waals surface area contributed by atoms with E-state index in [9.17, 15) is 4.79 Å². The van der Waals surface area contributed by atoms with Crippen molar-refractivity contribution in [2.45, 2.75) is 13.8 Å². The SMILES string of the molecule is CCOC(=O)Nc1ccc(OC)cc1C. The standard InChI is InChI=1S/C11H15NO3/c1-4-15-11(13)12-10-6-5-9(14-3)7-8(10)2/h5-7H,4H2,1-3H3,(H,12,13). The van der Waals surface area contributed by atoms with Crippen molar-refractivity contribution >= 4 is 11.8 Å². The van der Waals surface area contributed by atoms with Crippen molar-refractivity contribution in [3.8, 4) is 5.75 Å². The lowest BCUT2D eigenvalue weighted by molar-refractivity contribution is 0.168. The Morgan fingerprint density at radius 2 is 2.20 bits per heavy atom. The third-order valence-corrected chi connectivity index (χ3v) is 1.95. The van der Waals surface area contributed by atoms with E-state index in [4.69, 9.17) is 9.47 Å². The molecule has 0 spiro atoms. The van der Waals surface area contributed by atoms with Gasteiger partial charge in [0.15, 0.2) is 0 Å². The third kappa shape index (κ3) is 3.16. The van der Waals surface area contributed by atoms with Gasteiger partial charge in [-0.3, -0.25) is 5.32 Å². The maximum absolute atomic E-state index is 11.2. The monoisotopic (exact) mass is 209 g/mol. The summed E-state index contributed by atoms with van der Waals surface area (Å²) in [4.78, 5) is 11.2. The molecule has 0 saturated carbocycles. The van der Waals surface area contributed by atoms with Crippen molar-refractivity contribution in [1.29, 1.82) is 0 Å². The van der Waals surface area contributed by atoms with E-state index in [0.717, 1.165) is 17.0 Å². The summed E-state index contributed by atoms with van der Waals surface area (Å²) in [6.45, 7) is 4.02. The third-order valence-electron chi connectivity index (χ3n) is 1.95. The number of aryl methyl sites for hydroxylation is 1. The predicted octanol–water partition coefficient (Wildman–Crippen LogP) is 2.57. The Balaban J connectivity index is 2.73. The largest absolute Gasteiger partial charge is 0.497 e. The summed E-state index contributed by atoms with van der Waals surface area (Å²) in [5, 5.41) is 2.65. The molecule has 0 aliphatic carbocycles. The van der Waals surface area contributed by atoms with Crippen LogP contribution < -0.4 is 10.1 Å². The number of rotatable bonds is 3. The van der Waals surface area contributed by atoms with Gasteiger partial charge in [0.2, 0.25) is 0 Å². The van der Waals surface area contributed by atoms with Crippen LogP contribution in [0.2, 0.25) is 0 Å². The second-order valence-corrected chi connectivity index (χ2v) is 3.03. The van der Waals surface area contributed by atoms with Crippen LogP contribution in [0.1, 0.15) is 12.5 Å². The minimum atomic E-state index is -0.439. The lowest BCUT2D eigenvalue weighted by Crippen LogP contribution is -2.13. The van der Waals surface area contributed by atoms with Gasteiger partial charge >= 0.3 is 6.09 Å². The van der Waals surface area contributed by atoms with Gasteiger partial charge in [-0.15, -0.1) is 0 Å². The summed E-state index contributed by atoms with van der Waals surface area (Å²) in [6.07, 6.45) is -0.439. The van der Waals surface area contributed by atoms with E-state index in [1.165, 1.54) is 0 Å². The molecule has 0 aliphatic rings. The summed E-state index contributed by atoms with van der Waals surface area (Å²) in [5.41, 5.74) is 1.66. The molecule has 0 aliphatic heterocycles. The van der Waals surface area contributed by atoms with Gasteiger partial charge in [-0.1, -0.05) is 0 Å². The highest BCUT2D eigenvalue weighted by Crippen LogP contribution is 2.20. The highest BCUT2D eigenvalue weighted by Gasteiger charge is 2.05. The summed E-state index contributed by atoms with van der Waals surface area (Å²) >= 11 is 0. The van der Waals surface area contributed by atoms with Crippen LogP contribution in [-0.2, 0) is 4.74 Å². The Kier molecular flexibility index (Phi) is 3.97. The molecular formula is C11H15NO3. The van der Waals surface area contributed by atoms with Gasteiger partial charge in [0.25, 0.3) is 0 Å². The van der Waals surface area contributed by atoms with E-state index >= 15 is 0 Å². The zero-order chi connectivity index (χ0) is 11.3. The van der Waals surface area contributed by atoms with Gasteiger partial charge in [-0.25, -0.2) is 4.79 Å². The molecule has 1 N–H and O–H groups in total. The zero-order valence-electron chi connectivity index (χ0n) is 9.16. The lowest BCUT2D eigenvalue weighted by atomic mass is 10.2. The van der Waals surface area contributed by atoms with Crippen molar-refractivity contribution in [2.24, 2.45) is 0 Å². The minimum Gasteiger partial charge on any atom is -0.497 e. The van der Waals surface area contributed by atoms with Crippen LogP contribution in [-0.4, -0.2) is 19.8 Å². The van der Waals surface area contributed by atoms with E-state index < -0.39 is 6.09 Å². The summed E-state index contributed by atoms with van der Waals surface area (Å²) in [5.74, 6) is 0.766. The number of carbonyl (C=O) groups is 1. The van der Waals surface area contributed by atoms with Crippen LogP contribution in [0.5, 0.6) is 5.75 Å². The number of carbonyl (C=O) groups excluding carboxylic acids is 1. The predicted molar refractivity (Wildman–Crippen MR) is 58.4 cm³/mol. The van der Waals surface area contributed by atoms with Gasteiger partial charge in [0.05, 0.1) is 13.7 Å². The molecule has 1 aromatic carbocycles. The Morgan fingerprint density at radius 3 is 2.73 bits per heavy atom. The van der Waals surface area contributed by atoms with E-state index in [0.29, 0.717) is 6.61 Å². The van der Waals surface area contributed by atoms with Crippen LogP contribution >= 0.6 is 0 Å². The second kappa shape index (κ2) is 5.24. The molecular weight excluding hydrogens is 194 g/mol. The topological polar surface area (TPSA) is 47.6 Å². The fourth-order valence-corrected chi connectivity index (χ4v) is 1.18. The number of hydrogen-bond donors (Lipinski definition) is 1.